The summed E-state index contributed by atoms with van der Waals surface area (Å²) in [5, 5.41) is 12.8. The van der Waals surface area contributed by atoms with Gasteiger partial charge in [-0.15, -0.1) is 0 Å². The first-order chi connectivity index (χ1) is 11.5. The molecule has 1 amide bonds. The molecule has 0 bridgehead atoms. The van der Waals surface area contributed by atoms with Gasteiger partial charge < -0.3 is 10.4 Å². The Morgan fingerprint density at radius 2 is 1.88 bits per heavy atom. The van der Waals surface area contributed by atoms with Gasteiger partial charge in [0.1, 0.15) is 0 Å². The Morgan fingerprint density at radius 3 is 2.50 bits per heavy atom. The zero-order valence-electron chi connectivity index (χ0n) is 15.3. The number of aliphatic hydroxyl groups excluding tert-OH is 1. The second kappa shape index (κ2) is 9.19. The fourth-order valence-corrected chi connectivity index (χ4v) is 3.04. The number of hydrogen-bond acceptors (Lipinski definition) is 3. The number of hydrogen-bond donors (Lipinski definition) is 2. The van der Waals surface area contributed by atoms with Crippen molar-refractivity contribution < 1.29 is 9.90 Å². The van der Waals surface area contributed by atoms with Crippen LogP contribution in [0.2, 0.25) is 0 Å². The largest absolute Gasteiger partial charge is 0.392 e. The molecule has 1 aromatic rings. The van der Waals surface area contributed by atoms with Crippen LogP contribution in [-0.4, -0.2) is 35.1 Å². The van der Waals surface area contributed by atoms with Crippen LogP contribution in [0, 0.1) is 11.8 Å². The predicted molar refractivity (Wildman–Crippen MR) is 97.4 cm³/mol. The molecule has 2 rings (SSSR count). The van der Waals surface area contributed by atoms with Crippen molar-refractivity contribution in [1.82, 2.24) is 10.2 Å². The smallest absolute Gasteiger partial charge is 0.222 e. The Labute approximate surface area is 146 Å². The molecule has 0 aliphatic carbocycles. The lowest BCUT2D eigenvalue weighted by atomic mass is 9.98. The van der Waals surface area contributed by atoms with E-state index in [1.807, 2.05) is 19.9 Å². The first kappa shape index (κ1) is 18.9. The molecule has 4 heteroatoms. The van der Waals surface area contributed by atoms with Gasteiger partial charge in [-0.25, -0.2) is 0 Å². The fraction of sp³-hybridized carbons (Fsp3) is 0.650. The molecule has 1 heterocycles. The lowest BCUT2D eigenvalue weighted by Crippen LogP contribution is -2.33. The zero-order valence-corrected chi connectivity index (χ0v) is 15.3. The Balaban J connectivity index is 1.88. The van der Waals surface area contributed by atoms with Gasteiger partial charge in [0.25, 0.3) is 0 Å². The van der Waals surface area contributed by atoms with E-state index in [0.29, 0.717) is 6.54 Å². The molecule has 1 atom stereocenters. The molecule has 0 aromatic heterocycles. The third kappa shape index (κ3) is 5.91. The highest BCUT2D eigenvalue weighted by Gasteiger charge is 2.17. The van der Waals surface area contributed by atoms with Crippen LogP contribution < -0.4 is 5.32 Å². The molecule has 1 unspecified atom stereocenters. The van der Waals surface area contributed by atoms with Crippen LogP contribution in [0.3, 0.4) is 0 Å². The maximum absolute atomic E-state index is 12.0. The van der Waals surface area contributed by atoms with E-state index < -0.39 is 6.10 Å². The highest BCUT2D eigenvalue weighted by atomic mass is 16.3. The fourth-order valence-electron chi connectivity index (χ4n) is 3.04. The second-order valence-electron chi connectivity index (χ2n) is 7.52. The SMILES string of the molecule is CC1CCN(Cc2ccccc2CNC(=O)CC(O)C(C)C)CC1. The highest BCUT2D eigenvalue weighted by Crippen LogP contribution is 2.19. The van der Waals surface area contributed by atoms with Gasteiger partial charge in [0.15, 0.2) is 0 Å². The molecule has 1 aliphatic heterocycles. The van der Waals surface area contributed by atoms with Crippen molar-refractivity contribution in [1.29, 1.82) is 0 Å². The molecular formula is C20H32N2O2. The van der Waals surface area contributed by atoms with Gasteiger partial charge in [-0.3, -0.25) is 9.69 Å². The van der Waals surface area contributed by atoms with Crippen LogP contribution >= 0.6 is 0 Å². The number of nitrogens with one attached hydrogen (secondary N) is 1. The molecule has 2 N–H and O–H groups in total. The first-order valence-electron chi connectivity index (χ1n) is 9.19. The van der Waals surface area contributed by atoms with Crippen molar-refractivity contribution in [2.24, 2.45) is 11.8 Å². The third-order valence-electron chi connectivity index (χ3n) is 5.03. The number of amides is 1. The molecule has 0 radical (unpaired) electrons. The van der Waals surface area contributed by atoms with Crippen molar-refractivity contribution in [3.8, 4) is 0 Å². The number of nitrogens with zero attached hydrogens (tertiary/aromatic N) is 1. The molecule has 1 aromatic carbocycles. The van der Waals surface area contributed by atoms with Crippen LogP contribution in [0.15, 0.2) is 24.3 Å². The summed E-state index contributed by atoms with van der Waals surface area (Å²) in [5.74, 6) is 0.852. The average Bonchev–Trinajstić information content (AvgIpc) is 2.56. The van der Waals surface area contributed by atoms with Crippen LogP contribution in [0.5, 0.6) is 0 Å². The van der Waals surface area contributed by atoms with Crippen LogP contribution in [0.25, 0.3) is 0 Å². The highest BCUT2D eigenvalue weighted by molar-refractivity contribution is 5.76. The number of piperidine rings is 1. The summed E-state index contributed by atoms with van der Waals surface area (Å²) in [7, 11) is 0. The average molecular weight is 332 g/mol. The Bertz CT molecular complexity index is 522. The molecule has 0 saturated carbocycles. The third-order valence-corrected chi connectivity index (χ3v) is 5.03. The van der Waals surface area contributed by atoms with Crippen molar-refractivity contribution in [2.45, 2.75) is 59.2 Å². The van der Waals surface area contributed by atoms with E-state index in [4.69, 9.17) is 0 Å². The van der Waals surface area contributed by atoms with Crippen LogP contribution in [-0.2, 0) is 17.9 Å². The predicted octanol–water partition coefficient (Wildman–Crippen LogP) is 2.94. The minimum Gasteiger partial charge on any atom is -0.392 e. The van der Waals surface area contributed by atoms with Crippen LogP contribution in [0.1, 0.15) is 51.2 Å². The van der Waals surface area contributed by atoms with E-state index in [2.05, 4.69) is 35.3 Å². The first-order valence-corrected chi connectivity index (χ1v) is 9.19. The Kier molecular flexibility index (Phi) is 7.25. The quantitative estimate of drug-likeness (QED) is 0.807. The maximum Gasteiger partial charge on any atom is 0.222 e. The summed E-state index contributed by atoms with van der Waals surface area (Å²) in [6, 6.07) is 8.32. The summed E-state index contributed by atoms with van der Waals surface area (Å²) in [4.78, 5) is 14.5. The standard InChI is InChI=1S/C20H32N2O2/c1-15(2)19(23)12-20(24)21-13-17-6-4-5-7-18(17)14-22-10-8-16(3)9-11-22/h4-7,15-16,19,23H,8-14H2,1-3H3,(H,21,24). The molecule has 24 heavy (non-hydrogen) atoms. The van der Waals surface area contributed by atoms with Crippen molar-refractivity contribution in [3.63, 3.8) is 0 Å². The van der Waals surface area contributed by atoms with Gasteiger partial charge in [0.05, 0.1) is 12.5 Å². The lowest BCUT2D eigenvalue weighted by Gasteiger charge is -2.30. The van der Waals surface area contributed by atoms with Gasteiger partial charge >= 0.3 is 0 Å². The molecule has 1 aliphatic rings. The minimum atomic E-state index is -0.574. The normalized spacial score (nSPS) is 17.9. The van der Waals surface area contributed by atoms with E-state index in [1.165, 1.54) is 24.0 Å². The van der Waals surface area contributed by atoms with Crippen molar-refractivity contribution >= 4 is 5.91 Å². The van der Waals surface area contributed by atoms with Crippen molar-refractivity contribution in [3.05, 3.63) is 35.4 Å². The van der Waals surface area contributed by atoms with Gasteiger partial charge in [-0.05, 0) is 48.9 Å². The molecule has 4 nitrogen and oxygen atoms in total. The van der Waals surface area contributed by atoms with E-state index in [1.54, 1.807) is 0 Å². The van der Waals surface area contributed by atoms with Gasteiger partial charge in [0, 0.05) is 13.1 Å². The number of likely N-dealkylation sites (tertiary alicyclic amines) is 1. The molecule has 1 fully saturated rings. The lowest BCUT2D eigenvalue weighted by molar-refractivity contribution is -0.123. The van der Waals surface area contributed by atoms with Gasteiger partial charge in [-0.1, -0.05) is 45.0 Å². The van der Waals surface area contributed by atoms with E-state index >= 15 is 0 Å². The van der Waals surface area contributed by atoms with Crippen molar-refractivity contribution in [2.75, 3.05) is 13.1 Å². The second-order valence-corrected chi connectivity index (χ2v) is 7.52. The maximum atomic E-state index is 12.0. The summed E-state index contributed by atoms with van der Waals surface area (Å²) in [5.41, 5.74) is 2.46. The monoisotopic (exact) mass is 332 g/mol. The molecule has 0 spiro atoms. The van der Waals surface area contributed by atoms with Crippen LogP contribution in [0.4, 0.5) is 0 Å². The number of carbonyl (C=O) groups is 1. The number of carbonyl (C=O) groups excluding carboxylic acids is 1. The summed E-state index contributed by atoms with van der Waals surface area (Å²) in [6.45, 7) is 9.97. The van der Waals surface area contributed by atoms with E-state index in [0.717, 1.165) is 25.6 Å². The summed E-state index contributed by atoms with van der Waals surface area (Å²) in [6.07, 6.45) is 2.14. The van der Waals surface area contributed by atoms with E-state index in [9.17, 15) is 9.90 Å². The number of rotatable bonds is 7. The molecule has 134 valence electrons. The van der Waals surface area contributed by atoms with E-state index in [-0.39, 0.29) is 18.2 Å². The Morgan fingerprint density at radius 1 is 1.25 bits per heavy atom. The summed E-state index contributed by atoms with van der Waals surface area (Å²) >= 11 is 0. The molecular weight excluding hydrogens is 300 g/mol. The topological polar surface area (TPSA) is 52.6 Å². The van der Waals surface area contributed by atoms with Gasteiger partial charge in [0.2, 0.25) is 5.91 Å². The minimum absolute atomic E-state index is 0.0854. The molecule has 1 saturated heterocycles. The van der Waals surface area contributed by atoms with Gasteiger partial charge in [-0.2, -0.15) is 0 Å². The number of aliphatic hydroxyl groups is 1. The Hall–Kier alpha value is -1.39. The zero-order chi connectivity index (χ0) is 17.5. The number of benzene rings is 1. The summed E-state index contributed by atoms with van der Waals surface area (Å²) < 4.78 is 0.